The second-order valence-electron chi connectivity index (χ2n) is 4.02. The van der Waals surface area contributed by atoms with Gasteiger partial charge in [0, 0.05) is 13.1 Å². The highest BCUT2D eigenvalue weighted by atomic mass is 35.5. The molecular formula is C13H18ClF3N2O2. The number of alkyl halides is 3. The second-order valence-corrected chi connectivity index (χ2v) is 4.02. The Labute approximate surface area is 127 Å². The maximum atomic E-state index is 12.5. The van der Waals surface area contributed by atoms with Crippen LogP contribution in [0.15, 0.2) is 24.3 Å². The number of carbonyl (C=O) groups is 1. The third-order valence-corrected chi connectivity index (χ3v) is 2.41. The summed E-state index contributed by atoms with van der Waals surface area (Å²) in [5, 5.41) is 5.60. The van der Waals surface area contributed by atoms with Crippen LogP contribution in [-0.4, -0.2) is 32.1 Å². The summed E-state index contributed by atoms with van der Waals surface area (Å²) in [5.74, 6) is -0.359. The van der Waals surface area contributed by atoms with Gasteiger partial charge in [0.05, 0.1) is 5.56 Å². The van der Waals surface area contributed by atoms with Crippen LogP contribution in [0.3, 0.4) is 0 Å². The number of benzene rings is 1. The summed E-state index contributed by atoms with van der Waals surface area (Å²) in [6.45, 7) is 3.51. The van der Waals surface area contributed by atoms with E-state index in [0.717, 1.165) is 18.7 Å². The van der Waals surface area contributed by atoms with Gasteiger partial charge in [-0.25, -0.2) is 0 Å². The van der Waals surface area contributed by atoms with Crippen molar-refractivity contribution in [2.75, 3.05) is 26.2 Å². The predicted molar refractivity (Wildman–Crippen MR) is 75.7 cm³/mol. The molecule has 0 saturated heterocycles. The molecule has 0 aromatic heterocycles. The Morgan fingerprint density at radius 1 is 1.29 bits per heavy atom. The molecule has 0 atom stereocenters. The van der Waals surface area contributed by atoms with Crippen molar-refractivity contribution in [3.63, 3.8) is 0 Å². The first-order valence-corrected chi connectivity index (χ1v) is 6.21. The minimum Gasteiger partial charge on any atom is -0.484 e. The minimum absolute atomic E-state index is 0. The van der Waals surface area contributed by atoms with Crippen LogP contribution in [0.4, 0.5) is 13.2 Å². The molecule has 0 unspecified atom stereocenters. The number of ether oxygens (including phenoxy) is 1. The lowest BCUT2D eigenvalue weighted by atomic mass is 10.2. The summed E-state index contributed by atoms with van der Waals surface area (Å²) in [6, 6.07) is 4.43. The van der Waals surface area contributed by atoms with Gasteiger partial charge in [-0.15, -0.1) is 12.4 Å². The Balaban J connectivity index is 0.00000400. The van der Waals surface area contributed by atoms with Crippen LogP contribution in [0.1, 0.15) is 12.5 Å². The molecule has 0 aliphatic rings. The van der Waals surface area contributed by atoms with Crippen molar-refractivity contribution in [3.05, 3.63) is 29.8 Å². The lowest BCUT2D eigenvalue weighted by Gasteiger charge is -2.10. The van der Waals surface area contributed by atoms with E-state index in [1.807, 2.05) is 6.92 Å². The van der Waals surface area contributed by atoms with Crippen molar-refractivity contribution in [1.82, 2.24) is 10.6 Å². The molecule has 8 heteroatoms. The molecule has 0 aliphatic heterocycles. The quantitative estimate of drug-likeness (QED) is 0.756. The molecule has 0 aliphatic carbocycles. The highest BCUT2D eigenvalue weighted by Gasteiger charge is 2.30. The number of hydrogen-bond acceptors (Lipinski definition) is 3. The van der Waals surface area contributed by atoms with Crippen molar-refractivity contribution in [2.24, 2.45) is 0 Å². The average Bonchev–Trinajstić information content (AvgIpc) is 2.41. The summed E-state index contributed by atoms with van der Waals surface area (Å²) >= 11 is 0. The van der Waals surface area contributed by atoms with E-state index in [0.29, 0.717) is 13.1 Å². The van der Waals surface area contributed by atoms with E-state index in [1.165, 1.54) is 12.1 Å². The molecule has 1 aromatic carbocycles. The molecule has 0 saturated carbocycles. The van der Waals surface area contributed by atoms with Gasteiger partial charge in [0.2, 0.25) is 0 Å². The zero-order valence-corrected chi connectivity index (χ0v) is 12.3. The molecule has 21 heavy (non-hydrogen) atoms. The molecule has 120 valence electrons. The van der Waals surface area contributed by atoms with Gasteiger partial charge in [-0.2, -0.15) is 13.2 Å². The minimum atomic E-state index is -4.42. The van der Waals surface area contributed by atoms with Crippen molar-refractivity contribution in [2.45, 2.75) is 13.1 Å². The molecule has 1 aromatic rings. The highest BCUT2D eigenvalue weighted by Crippen LogP contribution is 2.31. The lowest BCUT2D eigenvalue weighted by Crippen LogP contribution is -2.34. The fraction of sp³-hybridized carbons (Fsp3) is 0.462. The van der Waals surface area contributed by atoms with Gasteiger partial charge in [-0.05, 0) is 24.7 Å². The standard InChI is InChI=1S/C13H17F3N2O2.ClH/c1-2-17-6-7-18-12(19)9-20-11-5-3-4-10(8-11)13(14,15)16;/h3-5,8,17H,2,6-7,9H2,1H3,(H,18,19);1H. The summed E-state index contributed by atoms with van der Waals surface area (Å²) in [4.78, 5) is 11.4. The molecule has 1 rings (SSSR count). The van der Waals surface area contributed by atoms with Crippen LogP contribution in [0.2, 0.25) is 0 Å². The Morgan fingerprint density at radius 2 is 2.00 bits per heavy atom. The van der Waals surface area contributed by atoms with E-state index in [2.05, 4.69) is 10.6 Å². The van der Waals surface area contributed by atoms with Crippen LogP contribution in [0.5, 0.6) is 5.75 Å². The van der Waals surface area contributed by atoms with Crippen molar-refractivity contribution < 1.29 is 22.7 Å². The normalized spacial score (nSPS) is 10.7. The van der Waals surface area contributed by atoms with Crippen molar-refractivity contribution in [3.8, 4) is 5.75 Å². The van der Waals surface area contributed by atoms with E-state index in [1.54, 1.807) is 0 Å². The van der Waals surface area contributed by atoms with Crippen LogP contribution in [0, 0.1) is 0 Å². The number of hydrogen-bond donors (Lipinski definition) is 2. The number of halogens is 4. The lowest BCUT2D eigenvalue weighted by molar-refractivity contribution is -0.137. The van der Waals surface area contributed by atoms with Crippen LogP contribution >= 0.6 is 12.4 Å². The van der Waals surface area contributed by atoms with Crippen LogP contribution in [0.25, 0.3) is 0 Å². The van der Waals surface area contributed by atoms with E-state index < -0.39 is 11.7 Å². The predicted octanol–water partition coefficient (Wildman–Crippen LogP) is 2.23. The Kier molecular flexibility index (Phi) is 8.80. The molecule has 0 heterocycles. The van der Waals surface area contributed by atoms with Gasteiger partial charge in [0.25, 0.3) is 5.91 Å². The Hall–Kier alpha value is -1.47. The largest absolute Gasteiger partial charge is 0.484 e. The molecule has 2 N–H and O–H groups in total. The molecule has 0 bridgehead atoms. The fourth-order valence-electron chi connectivity index (χ4n) is 1.43. The monoisotopic (exact) mass is 326 g/mol. The summed E-state index contributed by atoms with van der Waals surface area (Å²) in [7, 11) is 0. The van der Waals surface area contributed by atoms with Gasteiger partial charge in [0.1, 0.15) is 5.75 Å². The summed E-state index contributed by atoms with van der Waals surface area (Å²) in [6.07, 6.45) is -4.42. The van der Waals surface area contributed by atoms with Crippen molar-refractivity contribution in [1.29, 1.82) is 0 Å². The molecular weight excluding hydrogens is 309 g/mol. The SMILES string of the molecule is CCNCCNC(=O)COc1cccc(C(F)(F)F)c1.Cl. The number of amides is 1. The molecule has 1 amide bonds. The Morgan fingerprint density at radius 3 is 2.62 bits per heavy atom. The van der Waals surface area contributed by atoms with E-state index in [4.69, 9.17) is 4.74 Å². The van der Waals surface area contributed by atoms with Gasteiger partial charge >= 0.3 is 6.18 Å². The van der Waals surface area contributed by atoms with Gasteiger partial charge in [-0.1, -0.05) is 13.0 Å². The molecule has 0 radical (unpaired) electrons. The highest BCUT2D eigenvalue weighted by molar-refractivity contribution is 5.85. The number of nitrogens with one attached hydrogen (secondary N) is 2. The maximum absolute atomic E-state index is 12.5. The number of likely N-dealkylation sites (N-methyl/N-ethyl adjacent to an activating group) is 1. The second kappa shape index (κ2) is 9.46. The number of rotatable bonds is 7. The molecule has 4 nitrogen and oxygen atoms in total. The third-order valence-electron chi connectivity index (χ3n) is 2.41. The van der Waals surface area contributed by atoms with Gasteiger partial charge < -0.3 is 15.4 Å². The van der Waals surface area contributed by atoms with E-state index in [-0.39, 0.29) is 30.7 Å². The van der Waals surface area contributed by atoms with E-state index in [9.17, 15) is 18.0 Å². The smallest absolute Gasteiger partial charge is 0.416 e. The summed E-state index contributed by atoms with van der Waals surface area (Å²) < 4.78 is 42.4. The Bertz CT molecular complexity index is 442. The third kappa shape index (κ3) is 7.77. The molecule has 0 fully saturated rings. The van der Waals surface area contributed by atoms with Crippen LogP contribution in [-0.2, 0) is 11.0 Å². The topological polar surface area (TPSA) is 50.4 Å². The van der Waals surface area contributed by atoms with Crippen LogP contribution < -0.4 is 15.4 Å². The first-order valence-electron chi connectivity index (χ1n) is 6.21. The zero-order valence-electron chi connectivity index (χ0n) is 11.5. The summed E-state index contributed by atoms with van der Waals surface area (Å²) in [5.41, 5.74) is -0.803. The fourth-order valence-corrected chi connectivity index (χ4v) is 1.43. The molecule has 0 spiro atoms. The van der Waals surface area contributed by atoms with Crippen molar-refractivity contribution >= 4 is 18.3 Å². The van der Waals surface area contributed by atoms with E-state index >= 15 is 0 Å². The first-order chi connectivity index (χ1) is 9.43. The van der Waals surface area contributed by atoms with Gasteiger partial charge in [0.15, 0.2) is 6.61 Å². The maximum Gasteiger partial charge on any atom is 0.416 e. The zero-order chi connectivity index (χ0) is 15.0. The average molecular weight is 327 g/mol. The first kappa shape index (κ1) is 19.5. The number of carbonyl (C=O) groups excluding carboxylic acids is 1. The van der Waals surface area contributed by atoms with Gasteiger partial charge in [-0.3, -0.25) is 4.79 Å².